The number of fused-ring (bicyclic) bond motifs is 1. The number of methoxy groups -OCH3 is 1. The zero-order valence-electron chi connectivity index (χ0n) is 8.65. The molecule has 0 aliphatic carbocycles. The molecular formula is C12H11NO2. The first-order valence-electron chi connectivity index (χ1n) is 4.65. The number of benzene rings is 1. The monoisotopic (exact) mass is 201 g/mol. The summed E-state index contributed by atoms with van der Waals surface area (Å²) in [4.78, 5) is 15.3. The van der Waals surface area contributed by atoms with Gasteiger partial charge in [0.2, 0.25) is 0 Å². The second-order valence-corrected chi connectivity index (χ2v) is 3.41. The van der Waals surface area contributed by atoms with Crippen LogP contribution in [0.3, 0.4) is 0 Å². The van der Waals surface area contributed by atoms with Crippen molar-refractivity contribution in [2.75, 3.05) is 7.11 Å². The number of hydrogen-bond acceptors (Lipinski definition) is 3. The summed E-state index contributed by atoms with van der Waals surface area (Å²) in [5.41, 5.74) is 1.52. The van der Waals surface area contributed by atoms with Gasteiger partial charge in [-0.15, -0.1) is 0 Å². The van der Waals surface area contributed by atoms with E-state index in [4.69, 9.17) is 0 Å². The van der Waals surface area contributed by atoms with Crippen molar-refractivity contribution < 1.29 is 9.53 Å². The largest absolute Gasteiger partial charge is 0.464 e. The molecule has 0 amide bonds. The van der Waals surface area contributed by atoms with Crippen molar-refractivity contribution in [1.29, 1.82) is 0 Å². The number of rotatable bonds is 1. The highest BCUT2D eigenvalue weighted by Gasteiger charge is 2.07. The maximum absolute atomic E-state index is 11.2. The molecule has 1 heterocycles. The van der Waals surface area contributed by atoms with Crippen molar-refractivity contribution in [1.82, 2.24) is 4.98 Å². The third-order valence-electron chi connectivity index (χ3n) is 2.27. The van der Waals surface area contributed by atoms with E-state index in [2.05, 4.69) is 9.72 Å². The molecule has 0 bridgehead atoms. The average molecular weight is 201 g/mol. The van der Waals surface area contributed by atoms with Crippen LogP contribution in [0.25, 0.3) is 10.8 Å². The van der Waals surface area contributed by atoms with Crippen LogP contribution in [0.15, 0.2) is 30.5 Å². The van der Waals surface area contributed by atoms with Crippen LogP contribution >= 0.6 is 0 Å². The molecule has 3 heteroatoms. The van der Waals surface area contributed by atoms with Crippen LogP contribution in [0, 0.1) is 6.92 Å². The summed E-state index contributed by atoms with van der Waals surface area (Å²) < 4.78 is 4.61. The molecule has 0 aliphatic heterocycles. The van der Waals surface area contributed by atoms with Gasteiger partial charge in [-0.05, 0) is 24.4 Å². The van der Waals surface area contributed by atoms with Crippen LogP contribution in [0.1, 0.15) is 16.1 Å². The highest BCUT2D eigenvalue weighted by Crippen LogP contribution is 2.16. The molecular weight excluding hydrogens is 190 g/mol. The van der Waals surface area contributed by atoms with Crippen molar-refractivity contribution >= 4 is 16.7 Å². The Labute approximate surface area is 87.7 Å². The SMILES string of the molecule is COC(=O)c1cc2ccc(C)cc2cn1. The maximum atomic E-state index is 11.2. The molecule has 0 atom stereocenters. The minimum atomic E-state index is -0.405. The number of nitrogens with zero attached hydrogens (tertiary/aromatic N) is 1. The number of esters is 1. The molecule has 0 spiro atoms. The Morgan fingerprint density at radius 2 is 2.07 bits per heavy atom. The molecule has 0 N–H and O–H groups in total. The van der Waals surface area contributed by atoms with Gasteiger partial charge in [0, 0.05) is 11.6 Å². The van der Waals surface area contributed by atoms with Crippen molar-refractivity contribution in [3.8, 4) is 0 Å². The molecule has 3 nitrogen and oxygen atoms in total. The van der Waals surface area contributed by atoms with Crippen LogP contribution in [-0.4, -0.2) is 18.1 Å². The number of carbonyl (C=O) groups is 1. The van der Waals surface area contributed by atoms with E-state index in [1.54, 1.807) is 12.3 Å². The summed E-state index contributed by atoms with van der Waals surface area (Å²) >= 11 is 0. The van der Waals surface area contributed by atoms with Gasteiger partial charge in [-0.25, -0.2) is 9.78 Å². The average Bonchev–Trinajstić information content (AvgIpc) is 2.27. The first-order valence-corrected chi connectivity index (χ1v) is 4.65. The fourth-order valence-corrected chi connectivity index (χ4v) is 1.48. The first kappa shape index (κ1) is 9.65. The minimum Gasteiger partial charge on any atom is -0.464 e. The number of hydrogen-bond donors (Lipinski definition) is 0. The van der Waals surface area contributed by atoms with Crippen molar-refractivity contribution in [3.63, 3.8) is 0 Å². The lowest BCUT2D eigenvalue weighted by Gasteiger charge is -2.01. The molecule has 0 saturated carbocycles. The van der Waals surface area contributed by atoms with Gasteiger partial charge < -0.3 is 4.74 Å². The Bertz CT molecular complexity index is 520. The van der Waals surface area contributed by atoms with Gasteiger partial charge in [-0.2, -0.15) is 0 Å². The van der Waals surface area contributed by atoms with Gasteiger partial charge in [0.05, 0.1) is 7.11 Å². The van der Waals surface area contributed by atoms with Crippen LogP contribution in [0.4, 0.5) is 0 Å². The second-order valence-electron chi connectivity index (χ2n) is 3.41. The normalized spacial score (nSPS) is 10.3. The van der Waals surface area contributed by atoms with Crippen molar-refractivity contribution in [2.24, 2.45) is 0 Å². The molecule has 15 heavy (non-hydrogen) atoms. The van der Waals surface area contributed by atoms with E-state index in [1.165, 1.54) is 12.7 Å². The molecule has 0 aliphatic rings. The molecule has 0 saturated heterocycles. The van der Waals surface area contributed by atoms with E-state index in [0.717, 1.165) is 10.8 Å². The summed E-state index contributed by atoms with van der Waals surface area (Å²) in [5, 5.41) is 2.03. The van der Waals surface area contributed by atoms with E-state index >= 15 is 0 Å². The number of ether oxygens (including phenoxy) is 1. The fraction of sp³-hybridized carbons (Fsp3) is 0.167. The van der Waals surface area contributed by atoms with E-state index in [-0.39, 0.29) is 0 Å². The predicted octanol–water partition coefficient (Wildman–Crippen LogP) is 2.33. The van der Waals surface area contributed by atoms with E-state index in [0.29, 0.717) is 5.69 Å². The zero-order valence-corrected chi connectivity index (χ0v) is 8.65. The molecule has 1 aromatic heterocycles. The Kier molecular flexibility index (Phi) is 2.37. The number of carbonyl (C=O) groups excluding carboxylic acids is 1. The summed E-state index contributed by atoms with van der Waals surface area (Å²) in [6, 6.07) is 7.74. The quantitative estimate of drug-likeness (QED) is 0.665. The fourth-order valence-electron chi connectivity index (χ4n) is 1.48. The van der Waals surface area contributed by atoms with Crippen LogP contribution in [0.2, 0.25) is 0 Å². The second kappa shape index (κ2) is 3.69. The van der Waals surface area contributed by atoms with Gasteiger partial charge in [0.15, 0.2) is 0 Å². The van der Waals surface area contributed by atoms with Crippen molar-refractivity contribution in [2.45, 2.75) is 6.92 Å². The van der Waals surface area contributed by atoms with Gasteiger partial charge in [0.25, 0.3) is 0 Å². The molecule has 76 valence electrons. The minimum absolute atomic E-state index is 0.342. The summed E-state index contributed by atoms with van der Waals surface area (Å²) in [7, 11) is 1.35. The van der Waals surface area contributed by atoms with Crippen molar-refractivity contribution in [3.05, 3.63) is 41.7 Å². The lowest BCUT2D eigenvalue weighted by molar-refractivity contribution is 0.0594. The van der Waals surface area contributed by atoms with Crippen LogP contribution in [-0.2, 0) is 4.74 Å². The Hall–Kier alpha value is -1.90. The van der Waals surface area contributed by atoms with Gasteiger partial charge >= 0.3 is 5.97 Å². The highest BCUT2D eigenvalue weighted by molar-refractivity contribution is 5.93. The number of pyridine rings is 1. The standard InChI is InChI=1S/C12H11NO2/c1-8-3-4-9-6-11(12(14)15-2)13-7-10(9)5-8/h3-7H,1-2H3. The zero-order chi connectivity index (χ0) is 10.8. The molecule has 2 aromatic rings. The van der Waals surface area contributed by atoms with Gasteiger partial charge in [0.1, 0.15) is 5.69 Å². The number of aromatic nitrogens is 1. The molecule has 2 rings (SSSR count). The summed E-state index contributed by atoms with van der Waals surface area (Å²) in [6.07, 6.45) is 1.69. The highest BCUT2D eigenvalue weighted by atomic mass is 16.5. The summed E-state index contributed by atoms with van der Waals surface area (Å²) in [5.74, 6) is -0.405. The Morgan fingerprint density at radius 3 is 2.80 bits per heavy atom. The van der Waals surface area contributed by atoms with Crippen LogP contribution in [0.5, 0.6) is 0 Å². The van der Waals surface area contributed by atoms with Crippen LogP contribution < -0.4 is 0 Å². The first-order chi connectivity index (χ1) is 7.20. The lowest BCUT2D eigenvalue weighted by Crippen LogP contribution is -2.03. The molecule has 0 unspecified atom stereocenters. The third kappa shape index (κ3) is 1.81. The molecule has 0 radical (unpaired) electrons. The van der Waals surface area contributed by atoms with E-state index < -0.39 is 5.97 Å². The molecule has 0 fully saturated rings. The topological polar surface area (TPSA) is 39.2 Å². The Morgan fingerprint density at radius 1 is 1.27 bits per heavy atom. The molecule has 1 aromatic carbocycles. The number of aryl methyl sites for hydroxylation is 1. The van der Waals surface area contributed by atoms with Gasteiger partial charge in [-0.3, -0.25) is 0 Å². The lowest BCUT2D eigenvalue weighted by atomic mass is 10.1. The smallest absolute Gasteiger partial charge is 0.356 e. The third-order valence-corrected chi connectivity index (χ3v) is 2.27. The van der Waals surface area contributed by atoms with E-state index in [9.17, 15) is 4.79 Å². The predicted molar refractivity (Wildman–Crippen MR) is 57.8 cm³/mol. The maximum Gasteiger partial charge on any atom is 0.356 e. The summed E-state index contributed by atoms with van der Waals surface area (Å²) in [6.45, 7) is 2.02. The van der Waals surface area contributed by atoms with Gasteiger partial charge in [-0.1, -0.05) is 17.7 Å². The van der Waals surface area contributed by atoms with E-state index in [1.807, 2.05) is 25.1 Å². The Balaban J connectivity index is 2.57.